The lowest BCUT2D eigenvalue weighted by Gasteiger charge is -2.13. The van der Waals surface area contributed by atoms with Crippen LogP contribution in [0, 0.1) is 11.6 Å². The first-order valence-electron chi connectivity index (χ1n) is 5.50. The second-order valence-corrected chi connectivity index (χ2v) is 4.33. The van der Waals surface area contributed by atoms with Crippen LogP contribution in [0.15, 0.2) is 30.3 Å². The lowest BCUT2D eigenvalue weighted by Crippen LogP contribution is -2.01. The average Bonchev–Trinajstić information content (AvgIpc) is 2.38. The summed E-state index contributed by atoms with van der Waals surface area (Å²) < 4.78 is 32.8. The summed E-state index contributed by atoms with van der Waals surface area (Å²) >= 11 is 5.86. The normalized spacial score (nSPS) is 10.6. The van der Waals surface area contributed by atoms with Crippen molar-refractivity contribution in [2.24, 2.45) is 0 Å². The van der Waals surface area contributed by atoms with Gasteiger partial charge in [0, 0.05) is 16.7 Å². The van der Waals surface area contributed by atoms with Gasteiger partial charge in [0.15, 0.2) is 0 Å². The summed E-state index contributed by atoms with van der Waals surface area (Å²) in [5.41, 5.74) is 0.141. The third-order valence-corrected chi connectivity index (χ3v) is 3.00. The Labute approximate surface area is 114 Å². The molecule has 100 valence electrons. The molecule has 0 aliphatic rings. The summed E-state index contributed by atoms with van der Waals surface area (Å²) in [7, 11) is 1.32. The maximum atomic E-state index is 14.3. The number of rotatable bonds is 3. The molecule has 5 heteroatoms. The minimum atomic E-state index is -0.846. The van der Waals surface area contributed by atoms with Gasteiger partial charge in [-0.05, 0) is 17.7 Å². The minimum absolute atomic E-state index is 0.0504. The van der Waals surface area contributed by atoms with Crippen molar-refractivity contribution in [3.8, 4) is 16.9 Å². The molecular weight excluding hydrogens is 274 g/mol. The predicted molar refractivity (Wildman–Crippen MR) is 69.3 cm³/mol. The summed E-state index contributed by atoms with van der Waals surface area (Å²) in [4.78, 5) is 0. The van der Waals surface area contributed by atoms with E-state index in [9.17, 15) is 8.78 Å². The monoisotopic (exact) mass is 284 g/mol. The highest BCUT2D eigenvalue weighted by Gasteiger charge is 2.20. The fourth-order valence-corrected chi connectivity index (χ4v) is 2.05. The van der Waals surface area contributed by atoms with Crippen LogP contribution in [-0.2, 0) is 6.61 Å². The van der Waals surface area contributed by atoms with Crippen LogP contribution in [0.5, 0.6) is 5.75 Å². The number of hydrogen-bond donors (Lipinski definition) is 1. The molecule has 2 aromatic carbocycles. The Morgan fingerprint density at radius 2 is 2.00 bits per heavy atom. The molecule has 0 atom stereocenters. The van der Waals surface area contributed by atoms with E-state index in [4.69, 9.17) is 21.4 Å². The molecule has 0 saturated heterocycles. The Kier molecular flexibility index (Phi) is 4.02. The number of methoxy groups -OCH3 is 1. The van der Waals surface area contributed by atoms with Crippen LogP contribution in [0.1, 0.15) is 5.56 Å². The first kappa shape index (κ1) is 13.8. The van der Waals surface area contributed by atoms with Crippen molar-refractivity contribution in [3.05, 3.63) is 52.6 Å². The highest BCUT2D eigenvalue weighted by molar-refractivity contribution is 6.30. The molecule has 0 spiro atoms. The lowest BCUT2D eigenvalue weighted by molar-refractivity contribution is 0.268. The van der Waals surface area contributed by atoms with Gasteiger partial charge in [-0.3, -0.25) is 0 Å². The minimum Gasteiger partial charge on any atom is -0.496 e. The fourth-order valence-electron chi connectivity index (χ4n) is 1.86. The van der Waals surface area contributed by atoms with Crippen LogP contribution in [-0.4, -0.2) is 12.2 Å². The van der Waals surface area contributed by atoms with Gasteiger partial charge in [-0.25, -0.2) is 8.78 Å². The predicted octanol–water partition coefficient (Wildman–Crippen LogP) is 3.79. The van der Waals surface area contributed by atoms with Gasteiger partial charge in [-0.2, -0.15) is 0 Å². The third-order valence-electron chi connectivity index (χ3n) is 2.77. The quantitative estimate of drug-likeness (QED) is 0.929. The smallest absolute Gasteiger partial charge is 0.143 e. The van der Waals surface area contributed by atoms with Crippen molar-refractivity contribution < 1.29 is 18.6 Å². The number of halogens is 3. The van der Waals surface area contributed by atoms with Crippen molar-refractivity contribution in [2.45, 2.75) is 6.61 Å². The standard InChI is InChI=1S/C14H11ClF2O2/c1-19-12-6-11(16)10(7-18)14(17)13(12)8-3-2-4-9(15)5-8/h2-6,18H,7H2,1H3. The zero-order valence-corrected chi connectivity index (χ0v) is 10.8. The van der Waals surface area contributed by atoms with Gasteiger partial charge in [0.2, 0.25) is 0 Å². The van der Waals surface area contributed by atoms with Crippen molar-refractivity contribution in [3.63, 3.8) is 0 Å². The summed E-state index contributed by atoms with van der Waals surface area (Å²) in [5, 5.41) is 9.47. The van der Waals surface area contributed by atoms with Crippen LogP contribution in [0.3, 0.4) is 0 Å². The van der Waals surface area contributed by atoms with Gasteiger partial charge in [0.25, 0.3) is 0 Å². The number of benzene rings is 2. The maximum Gasteiger partial charge on any atom is 0.143 e. The van der Waals surface area contributed by atoms with Crippen molar-refractivity contribution in [1.82, 2.24) is 0 Å². The van der Waals surface area contributed by atoms with Gasteiger partial charge in [-0.15, -0.1) is 0 Å². The molecule has 1 N–H and O–H groups in total. The van der Waals surface area contributed by atoms with E-state index < -0.39 is 23.8 Å². The molecule has 0 fully saturated rings. The Hall–Kier alpha value is -1.65. The molecule has 0 unspecified atom stereocenters. The summed E-state index contributed by atoms with van der Waals surface area (Å²) in [6.45, 7) is -0.727. The molecule has 0 radical (unpaired) electrons. The van der Waals surface area contributed by atoms with Crippen LogP contribution in [0.25, 0.3) is 11.1 Å². The zero-order chi connectivity index (χ0) is 14.0. The van der Waals surface area contributed by atoms with E-state index in [0.29, 0.717) is 10.6 Å². The van der Waals surface area contributed by atoms with Gasteiger partial charge in [0.05, 0.1) is 19.3 Å². The molecule has 0 heterocycles. The SMILES string of the molecule is COc1cc(F)c(CO)c(F)c1-c1cccc(Cl)c1. The van der Waals surface area contributed by atoms with E-state index in [1.807, 2.05) is 0 Å². The van der Waals surface area contributed by atoms with Crippen molar-refractivity contribution in [1.29, 1.82) is 0 Å². The second kappa shape index (κ2) is 5.55. The molecule has 2 nitrogen and oxygen atoms in total. The van der Waals surface area contributed by atoms with Crippen molar-refractivity contribution >= 4 is 11.6 Å². The van der Waals surface area contributed by atoms with E-state index in [1.54, 1.807) is 24.3 Å². The molecule has 0 bridgehead atoms. The van der Waals surface area contributed by atoms with Crippen LogP contribution in [0.2, 0.25) is 5.02 Å². The number of ether oxygens (including phenoxy) is 1. The highest BCUT2D eigenvalue weighted by atomic mass is 35.5. The Morgan fingerprint density at radius 1 is 1.26 bits per heavy atom. The molecule has 2 rings (SSSR count). The average molecular weight is 285 g/mol. The fraction of sp³-hybridized carbons (Fsp3) is 0.143. The largest absolute Gasteiger partial charge is 0.496 e. The first-order valence-corrected chi connectivity index (χ1v) is 5.88. The Bertz CT molecular complexity index is 615. The van der Waals surface area contributed by atoms with E-state index in [0.717, 1.165) is 6.07 Å². The molecule has 2 aromatic rings. The van der Waals surface area contributed by atoms with Gasteiger partial charge in [0.1, 0.15) is 17.4 Å². The maximum absolute atomic E-state index is 14.3. The molecule has 0 aliphatic carbocycles. The highest BCUT2D eigenvalue weighted by Crippen LogP contribution is 2.36. The van der Waals surface area contributed by atoms with Crippen LogP contribution >= 0.6 is 11.6 Å². The lowest BCUT2D eigenvalue weighted by atomic mass is 10.0. The Balaban J connectivity index is 2.74. The Morgan fingerprint density at radius 3 is 2.58 bits per heavy atom. The van der Waals surface area contributed by atoms with E-state index in [-0.39, 0.29) is 11.3 Å². The van der Waals surface area contributed by atoms with Gasteiger partial charge >= 0.3 is 0 Å². The molecule has 19 heavy (non-hydrogen) atoms. The van der Waals surface area contributed by atoms with Crippen LogP contribution in [0.4, 0.5) is 8.78 Å². The summed E-state index contributed by atoms with van der Waals surface area (Å²) in [6.07, 6.45) is 0. The van der Waals surface area contributed by atoms with E-state index >= 15 is 0 Å². The third kappa shape index (κ3) is 2.55. The number of aliphatic hydroxyl groups excluding tert-OH is 1. The second-order valence-electron chi connectivity index (χ2n) is 3.90. The summed E-state index contributed by atoms with van der Waals surface area (Å²) in [6, 6.07) is 7.52. The first-order chi connectivity index (χ1) is 9.08. The van der Waals surface area contributed by atoms with E-state index in [1.165, 1.54) is 7.11 Å². The molecular formula is C14H11ClF2O2. The van der Waals surface area contributed by atoms with Gasteiger partial charge in [-0.1, -0.05) is 23.7 Å². The van der Waals surface area contributed by atoms with Crippen LogP contribution < -0.4 is 4.74 Å². The number of hydrogen-bond acceptors (Lipinski definition) is 2. The van der Waals surface area contributed by atoms with Crippen molar-refractivity contribution in [2.75, 3.05) is 7.11 Å². The molecule has 0 aliphatic heterocycles. The molecule has 0 amide bonds. The molecule has 0 aromatic heterocycles. The topological polar surface area (TPSA) is 29.5 Å². The summed E-state index contributed by atoms with van der Waals surface area (Å²) in [5.74, 6) is -1.64. The van der Waals surface area contributed by atoms with Gasteiger partial charge < -0.3 is 9.84 Å². The zero-order valence-electron chi connectivity index (χ0n) is 10.1. The molecule has 0 saturated carbocycles. The number of aliphatic hydroxyl groups is 1. The van der Waals surface area contributed by atoms with E-state index in [2.05, 4.69) is 0 Å².